The summed E-state index contributed by atoms with van der Waals surface area (Å²) in [4.78, 5) is 0. The molecule has 0 bridgehead atoms. The molecule has 0 saturated carbocycles. The molecule has 0 aliphatic carbocycles. The van der Waals surface area contributed by atoms with Gasteiger partial charge in [0.25, 0.3) is 5.95 Å². The lowest BCUT2D eigenvalue weighted by Gasteiger charge is -2.04. The molecule has 0 spiro atoms. The number of aromatic amines is 1. The van der Waals surface area contributed by atoms with Crippen LogP contribution in [0.15, 0.2) is 53.6 Å². The first-order chi connectivity index (χ1) is 12.1. The van der Waals surface area contributed by atoms with E-state index in [1.54, 1.807) is 15.6 Å². The van der Waals surface area contributed by atoms with Gasteiger partial charge >= 0.3 is 0 Å². The highest BCUT2D eigenvalue weighted by atomic mass is 32.1. The van der Waals surface area contributed by atoms with Gasteiger partial charge in [-0.25, -0.2) is 9.78 Å². The lowest BCUT2D eigenvalue weighted by atomic mass is 10.1. The van der Waals surface area contributed by atoms with E-state index in [0.29, 0.717) is 10.7 Å². The van der Waals surface area contributed by atoms with Gasteiger partial charge in [-0.15, -0.1) is 5.10 Å². The van der Waals surface area contributed by atoms with E-state index in [0.717, 1.165) is 22.3 Å². The van der Waals surface area contributed by atoms with Crippen molar-refractivity contribution in [1.29, 1.82) is 0 Å². The summed E-state index contributed by atoms with van der Waals surface area (Å²) < 4.78 is 3.72. The molecule has 6 nitrogen and oxygen atoms in total. The van der Waals surface area contributed by atoms with Crippen LogP contribution in [0.2, 0.25) is 0 Å². The van der Waals surface area contributed by atoms with Gasteiger partial charge in [-0.2, -0.15) is 14.9 Å². The fourth-order valence-electron chi connectivity index (χ4n) is 2.84. The second-order valence-corrected chi connectivity index (χ2v) is 6.18. The quantitative estimate of drug-likeness (QED) is 0.453. The number of rotatable bonds is 3. The van der Waals surface area contributed by atoms with Gasteiger partial charge in [0, 0.05) is 11.3 Å². The van der Waals surface area contributed by atoms with Crippen molar-refractivity contribution in [3.05, 3.63) is 70.3 Å². The Morgan fingerprint density at radius 3 is 2.72 bits per heavy atom. The zero-order valence-electron chi connectivity index (χ0n) is 13.8. The van der Waals surface area contributed by atoms with Crippen molar-refractivity contribution < 1.29 is 0 Å². The molecular weight excluding hydrogens is 332 g/mol. The van der Waals surface area contributed by atoms with Crippen molar-refractivity contribution in [2.24, 2.45) is 5.10 Å². The molecular formula is C18H16N6S. The molecule has 124 valence electrons. The zero-order valence-corrected chi connectivity index (χ0v) is 14.7. The number of hydrogen-bond acceptors (Lipinski definition) is 4. The highest BCUT2D eigenvalue weighted by Crippen LogP contribution is 2.17. The van der Waals surface area contributed by atoms with E-state index in [2.05, 4.69) is 38.6 Å². The Hall–Kier alpha value is -3.06. The number of aromatic nitrogens is 5. The molecule has 0 fully saturated rings. The third kappa shape index (κ3) is 2.78. The van der Waals surface area contributed by atoms with Gasteiger partial charge in [-0.05, 0) is 42.9 Å². The Morgan fingerprint density at radius 1 is 1.12 bits per heavy atom. The van der Waals surface area contributed by atoms with Crippen molar-refractivity contribution >= 4 is 29.2 Å². The molecule has 2 heterocycles. The van der Waals surface area contributed by atoms with Crippen molar-refractivity contribution in [1.82, 2.24) is 24.7 Å². The number of fused-ring (bicyclic) bond motifs is 1. The van der Waals surface area contributed by atoms with E-state index in [9.17, 15) is 0 Å². The summed E-state index contributed by atoms with van der Waals surface area (Å²) >= 11 is 5.32. The minimum absolute atomic E-state index is 0.416. The Labute approximate surface area is 149 Å². The standard InChI is InChI=1S/C18H16N6S/c1-12-10-13(2)23(22-12)17-20-21-18(25)24(17)19-11-15-8-5-7-14-6-3-4-9-16(14)15/h3-11H,1-2H3,(H,21,25)/b19-11-. The Morgan fingerprint density at radius 2 is 1.92 bits per heavy atom. The molecule has 4 rings (SSSR count). The van der Waals surface area contributed by atoms with Gasteiger partial charge in [0.1, 0.15) is 0 Å². The zero-order chi connectivity index (χ0) is 17.4. The fraction of sp³-hybridized carbons (Fsp3) is 0.111. The molecule has 0 aliphatic rings. The van der Waals surface area contributed by atoms with Crippen LogP contribution in [-0.2, 0) is 0 Å². The third-order valence-electron chi connectivity index (χ3n) is 3.97. The monoisotopic (exact) mass is 348 g/mol. The van der Waals surface area contributed by atoms with E-state index in [1.807, 2.05) is 44.2 Å². The maximum Gasteiger partial charge on any atom is 0.271 e. The Balaban J connectivity index is 1.81. The molecule has 0 saturated heterocycles. The molecule has 2 aromatic carbocycles. The number of nitrogens with one attached hydrogen (secondary N) is 1. The normalized spacial score (nSPS) is 11.6. The van der Waals surface area contributed by atoms with Crippen LogP contribution >= 0.6 is 12.2 Å². The highest BCUT2D eigenvalue weighted by molar-refractivity contribution is 7.71. The van der Waals surface area contributed by atoms with E-state index in [-0.39, 0.29) is 0 Å². The van der Waals surface area contributed by atoms with Crippen molar-refractivity contribution in [3.8, 4) is 5.95 Å². The summed E-state index contributed by atoms with van der Waals surface area (Å²) in [5, 5.41) is 18.4. The van der Waals surface area contributed by atoms with Crippen LogP contribution in [0.1, 0.15) is 17.0 Å². The molecule has 0 atom stereocenters. The number of hydrogen-bond donors (Lipinski definition) is 1. The highest BCUT2D eigenvalue weighted by Gasteiger charge is 2.11. The molecule has 25 heavy (non-hydrogen) atoms. The third-order valence-corrected chi connectivity index (χ3v) is 4.23. The van der Waals surface area contributed by atoms with Crippen LogP contribution in [0.25, 0.3) is 16.7 Å². The first-order valence-electron chi connectivity index (χ1n) is 7.86. The van der Waals surface area contributed by atoms with Gasteiger partial charge in [0.15, 0.2) is 0 Å². The summed E-state index contributed by atoms with van der Waals surface area (Å²) in [5.74, 6) is 0.534. The van der Waals surface area contributed by atoms with Gasteiger partial charge in [-0.1, -0.05) is 42.5 Å². The topological polar surface area (TPSA) is 63.8 Å². The largest absolute Gasteiger partial charge is 0.271 e. The van der Waals surface area contributed by atoms with Gasteiger partial charge < -0.3 is 0 Å². The number of benzene rings is 2. The molecule has 0 amide bonds. The van der Waals surface area contributed by atoms with Crippen molar-refractivity contribution in [3.63, 3.8) is 0 Å². The van der Waals surface area contributed by atoms with Crippen LogP contribution in [0, 0.1) is 18.6 Å². The lowest BCUT2D eigenvalue weighted by Crippen LogP contribution is -2.07. The molecule has 4 aromatic rings. The van der Waals surface area contributed by atoms with Crippen LogP contribution in [0.4, 0.5) is 0 Å². The van der Waals surface area contributed by atoms with Crippen LogP contribution in [0.5, 0.6) is 0 Å². The second-order valence-electron chi connectivity index (χ2n) is 5.79. The van der Waals surface area contributed by atoms with E-state index in [1.165, 1.54) is 5.39 Å². The minimum Gasteiger partial charge on any atom is -0.248 e. The average Bonchev–Trinajstić information content (AvgIpc) is 3.14. The number of nitrogens with zero attached hydrogens (tertiary/aromatic N) is 5. The van der Waals surface area contributed by atoms with Gasteiger partial charge in [0.2, 0.25) is 4.77 Å². The van der Waals surface area contributed by atoms with Crippen molar-refractivity contribution in [2.75, 3.05) is 0 Å². The van der Waals surface area contributed by atoms with Crippen LogP contribution in [0.3, 0.4) is 0 Å². The fourth-order valence-corrected chi connectivity index (χ4v) is 3.01. The summed E-state index contributed by atoms with van der Waals surface area (Å²) in [6, 6.07) is 16.3. The van der Waals surface area contributed by atoms with Gasteiger partial charge in [-0.3, -0.25) is 0 Å². The number of aryl methyl sites for hydroxylation is 2. The molecule has 0 radical (unpaired) electrons. The predicted octanol–water partition coefficient (Wildman–Crippen LogP) is 3.78. The van der Waals surface area contributed by atoms with E-state index < -0.39 is 0 Å². The smallest absolute Gasteiger partial charge is 0.248 e. The second kappa shape index (κ2) is 6.10. The maximum atomic E-state index is 5.32. The van der Waals surface area contributed by atoms with E-state index in [4.69, 9.17) is 12.2 Å². The predicted molar refractivity (Wildman–Crippen MR) is 101 cm³/mol. The van der Waals surface area contributed by atoms with E-state index >= 15 is 0 Å². The van der Waals surface area contributed by atoms with Crippen molar-refractivity contribution in [2.45, 2.75) is 13.8 Å². The summed E-state index contributed by atoms with van der Waals surface area (Å²) in [5.41, 5.74) is 2.89. The first-order valence-corrected chi connectivity index (χ1v) is 8.27. The average molecular weight is 348 g/mol. The maximum absolute atomic E-state index is 5.32. The number of H-pyrrole nitrogens is 1. The summed E-state index contributed by atoms with van der Waals surface area (Å²) in [6.45, 7) is 3.91. The molecule has 2 aromatic heterocycles. The SMILES string of the molecule is Cc1cc(C)n(-c2n[nH]c(=S)n2/N=C\c2cccc3ccccc23)n1. The lowest BCUT2D eigenvalue weighted by molar-refractivity contribution is 0.714. The first kappa shape index (κ1) is 15.5. The van der Waals surface area contributed by atoms with Crippen LogP contribution in [-0.4, -0.2) is 30.9 Å². The van der Waals surface area contributed by atoms with Gasteiger partial charge in [0.05, 0.1) is 11.9 Å². The summed E-state index contributed by atoms with van der Waals surface area (Å²) in [7, 11) is 0. The molecule has 1 N–H and O–H groups in total. The molecule has 7 heteroatoms. The summed E-state index contributed by atoms with van der Waals surface area (Å²) in [6.07, 6.45) is 1.79. The van der Waals surface area contributed by atoms with Crippen LogP contribution < -0.4 is 0 Å². The Kier molecular flexibility index (Phi) is 3.77. The Bertz CT molecular complexity index is 1140. The minimum atomic E-state index is 0.416. The molecule has 0 unspecified atom stereocenters. The molecule has 0 aliphatic heterocycles.